The molecule has 0 bridgehead atoms. The number of carbonyl (C=O) groups is 1. The Morgan fingerprint density at radius 3 is 2.59 bits per heavy atom. The second kappa shape index (κ2) is 8.01. The lowest BCUT2D eigenvalue weighted by Gasteiger charge is -2.17. The average Bonchev–Trinajstić information content (AvgIpc) is 3.33. The van der Waals surface area contributed by atoms with Crippen molar-refractivity contribution in [3.63, 3.8) is 0 Å². The van der Waals surface area contributed by atoms with E-state index in [1.807, 2.05) is 47.8 Å². The molecule has 1 N–H and O–H groups in total. The number of hydrogen-bond donors (Lipinski definition) is 1. The van der Waals surface area contributed by atoms with Crippen LogP contribution in [-0.4, -0.2) is 29.7 Å². The Labute approximate surface area is 161 Å². The quantitative estimate of drug-likeness (QED) is 0.648. The molecule has 0 saturated carbocycles. The van der Waals surface area contributed by atoms with E-state index in [1.165, 1.54) is 18.3 Å². The number of sulfone groups is 1. The molecule has 0 radical (unpaired) electrons. The van der Waals surface area contributed by atoms with Crippen LogP contribution in [0.5, 0.6) is 0 Å². The van der Waals surface area contributed by atoms with E-state index in [9.17, 15) is 13.2 Å². The third-order valence-electron chi connectivity index (χ3n) is 4.10. The van der Waals surface area contributed by atoms with Gasteiger partial charge in [0.15, 0.2) is 9.84 Å². The van der Waals surface area contributed by atoms with Gasteiger partial charge in [0.2, 0.25) is 17.6 Å². The van der Waals surface area contributed by atoms with Gasteiger partial charge < -0.3 is 9.84 Å². The molecule has 7 nitrogen and oxygen atoms in total. The number of thiophene rings is 1. The van der Waals surface area contributed by atoms with Gasteiger partial charge >= 0.3 is 0 Å². The molecule has 27 heavy (non-hydrogen) atoms. The Morgan fingerprint density at radius 2 is 1.93 bits per heavy atom. The lowest BCUT2D eigenvalue weighted by molar-refractivity contribution is -0.121. The van der Waals surface area contributed by atoms with Gasteiger partial charge in [-0.3, -0.25) is 4.79 Å². The summed E-state index contributed by atoms with van der Waals surface area (Å²) >= 11 is 1.42. The van der Waals surface area contributed by atoms with Crippen molar-refractivity contribution in [1.82, 2.24) is 15.5 Å². The van der Waals surface area contributed by atoms with Crippen molar-refractivity contribution in [1.29, 1.82) is 0 Å². The summed E-state index contributed by atoms with van der Waals surface area (Å²) in [6, 6.07) is 12.7. The summed E-state index contributed by atoms with van der Waals surface area (Å²) in [6.07, 6.45) is 0. The summed E-state index contributed by atoms with van der Waals surface area (Å²) in [4.78, 5) is 17.3. The maximum atomic E-state index is 12.6. The Balaban J connectivity index is 1.66. The van der Waals surface area contributed by atoms with Gasteiger partial charge in [0.25, 0.3) is 0 Å². The van der Waals surface area contributed by atoms with E-state index in [1.54, 1.807) is 6.92 Å². The van der Waals surface area contributed by atoms with Crippen molar-refractivity contribution in [3.05, 3.63) is 59.3 Å². The number of amides is 1. The highest BCUT2D eigenvalue weighted by Gasteiger charge is 2.31. The number of nitrogens with one attached hydrogen (secondary N) is 1. The number of nitrogens with zero attached hydrogens (tertiary/aromatic N) is 2. The van der Waals surface area contributed by atoms with Crippen LogP contribution in [0.2, 0.25) is 0 Å². The van der Waals surface area contributed by atoms with E-state index < -0.39 is 26.7 Å². The maximum Gasteiger partial charge on any atom is 0.242 e. The van der Waals surface area contributed by atoms with Crippen molar-refractivity contribution < 1.29 is 17.7 Å². The van der Waals surface area contributed by atoms with Crippen LogP contribution >= 0.6 is 11.3 Å². The molecule has 0 saturated heterocycles. The first-order valence-electron chi connectivity index (χ1n) is 8.30. The normalized spacial score (nSPS) is 13.9. The molecule has 1 aromatic carbocycles. The number of hydrogen-bond acceptors (Lipinski definition) is 7. The van der Waals surface area contributed by atoms with Crippen molar-refractivity contribution in [2.75, 3.05) is 0 Å². The van der Waals surface area contributed by atoms with Gasteiger partial charge in [0.05, 0.1) is 10.9 Å². The van der Waals surface area contributed by atoms with Crippen LogP contribution in [-0.2, 0) is 20.4 Å². The fourth-order valence-electron chi connectivity index (χ4n) is 2.44. The number of carbonyl (C=O) groups excluding carboxylic acids is 1. The summed E-state index contributed by atoms with van der Waals surface area (Å²) in [5.41, 5.74) is 0.896. The molecule has 2 aromatic heterocycles. The monoisotopic (exact) mass is 405 g/mol. The third kappa shape index (κ3) is 4.61. The molecule has 9 heteroatoms. The van der Waals surface area contributed by atoms with Gasteiger partial charge in [-0.25, -0.2) is 8.42 Å². The van der Waals surface area contributed by atoms with Crippen molar-refractivity contribution >= 4 is 27.1 Å². The molecular formula is C18H19N3O4S2. The minimum Gasteiger partial charge on any atom is -0.348 e. The Hall–Kier alpha value is -2.52. The van der Waals surface area contributed by atoms with Gasteiger partial charge in [-0.2, -0.15) is 4.98 Å². The van der Waals surface area contributed by atoms with Crippen LogP contribution < -0.4 is 5.32 Å². The minimum atomic E-state index is -3.80. The van der Waals surface area contributed by atoms with Crippen LogP contribution in [0.3, 0.4) is 0 Å². The van der Waals surface area contributed by atoms with Gasteiger partial charge in [0, 0.05) is 0 Å². The first-order valence-corrected chi connectivity index (χ1v) is 10.9. The molecule has 142 valence electrons. The zero-order chi connectivity index (χ0) is 19.4. The van der Waals surface area contributed by atoms with Gasteiger partial charge in [-0.1, -0.05) is 41.6 Å². The molecule has 0 fully saturated rings. The molecule has 2 atom stereocenters. The third-order valence-corrected chi connectivity index (χ3v) is 6.91. The maximum absolute atomic E-state index is 12.6. The lowest BCUT2D eigenvalue weighted by atomic mass is 10.1. The Kier molecular flexibility index (Phi) is 5.71. The smallest absolute Gasteiger partial charge is 0.242 e. The van der Waals surface area contributed by atoms with Crippen LogP contribution in [0.4, 0.5) is 0 Å². The van der Waals surface area contributed by atoms with Crippen LogP contribution in [0.15, 0.2) is 52.4 Å². The number of aromatic nitrogens is 2. The fraction of sp³-hybridized carbons (Fsp3) is 0.278. The second-order valence-corrected chi connectivity index (χ2v) is 9.35. The Morgan fingerprint density at radius 1 is 1.19 bits per heavy atom. The SMILES string of the molecule is C[C@@H](NC(=O)[C@H](C)S(=O)(=O)Cc1nc(-c2cccs2)no1)c1ccccc1. The standard InChI is InChI=1S/C18H19N3O4S2/c1-12(14-7-4-3-5-8-14)19-18(22)13(2)27(23,24)11-16-20-17(21-25-16)15-9-6-10-26-15/h3-10,12-13H,11H2,1-2H3,(H,19,22)/t12-,13+/m1/s1. The average molecular weight is 406 g/mol. The van der Waals surface area contributed by atoms with Crippen molar-refractivity contribution in [3.8, 4) is 10.7 Å². The zero-order valence-corrected chi connectivity index (χ0v) is 16.5. The van der Waals surface area contributed by atoms with E-state index >= 15 is 0 Å². The molecule has 2 heterocycles. The van der Waals surface area contributed by atoms with Crippen LogP contribution in [0.25, 0.3) is 10.7 Å². The predicted octanol–water partition coefficient (Wildman–Crippen LogP) is 2.98. The predicted molar refractivity (Wildman–Crippen MR) is 103 cm³/mol. The highest BCUT2D eigenvalue weighted by Crippen LogP contribution is 2.22. The van der Waals surface area contributed by atoms with Gasteiger partial charge in [-0.05, 0) is 30.9 Å². The zero-order valence-electron chi connectivity index (χ0n) is 14.8. The molecule has 1 amide bonds. The molecule has 0 aliphatic heterocycles. The largest absolute Gasteiger partial charge is 0.348 e. The Bertz CT molecular complexity index is 998. The van der Waals surface area contributed by atoms with E-state index in [0.29, 0.717) is 5.82 Å². The topological polar surface area (TPSA) is 102 Å². The first kappa shape index (κ1) is 19.2. The van der Waals surface area contributed by atoms with Gasteiger partial charge in [-0.15, -0.1) is 11.3 Å². The summed E-state index contributed by atoms with van der Waals surface area (Å²) in [5.74, 6) is -0.747. The molecule has 0 spiro atoms. The highest BCUT2D eigenvalue weighted by atomic mass is 32.2. The second-order valence-electron chi connectivity index (χ2n) is 6.08. The van der Waals surface area contributed by atoms with Crippen molar-refractivity contribution in [2.24, 2.45) is 0 Å². The first-order chi connectivity index (χ1) is 12.9. The van der Waals surface area contributed by atoms with E-state index in [-0.39, 0.29) is 11.9 Å². The van der Waals surface area contributed by atoms with Gasteiger partial charge in [0.1, 0.15) is 11.0 Å². The van der Waals surface area contributed by atoms with Crippen LogP contribution in [0.1, 0.15) is 31.3 Å². The summed E-state index contributed by atoms with van der Waals surface area (Å²) in [7, 11) is -3.80. The molecule has 3 rings (SSSR count). The van der Waals surface area contributed by atoms with Crippen LogP contribution in [0, 0.1) is 0 Å². The summed E-state index contributed by atoms with van der Waals surface area (Å²) < 4.78 is 30.2. The molecule has 0 unspecified atom stereocenters. The molecule has 0 aliphatic rings. The number of benzene rings is 1. The summed E-state index contributed by atoms with van der Waals surface area (Å²) in [5, 5.41) is 7.15. The van der Waals surface area contributed by atoms with Crippen molar-refractivity contribution in [2.45, 2.75) is 30.9 Å². The minimum absolute atomic E-state index is 0.0332. The fourth-order valence-corrected chi connectivity index (χ4v) is 4.19. The highest BCUT2D eigenvalue weighted by molar-refractivity contribution is 7.92. The lowest BCUT2D eigenvalue weighted by Crippen LogP contribution is -2.39. The van der Waals surface area contributed by atoms with E-state index in [2.05, 4.69) is 15.5 Å². The summed E-state index contributed by atoms with van der Waals surface area (Å²) in [6.45, 7) is 3.16. The number of rotatable bonds is 7. The molecular weight excluding hydrogens is 386 g/mol. The van der Waals surface area contributed by atoms with E-state index in [0.717, 1.165) is 10.4 Å². The molecule has 0 aliphatic carbocycles. The molecule has 3 aromatic rings. The van der Waals surface area contributed by atoms with E-state index in [4.69, 9.17) is 4.52 Å².